The summed E-state index contributed by atoms with van der Waals surface area (Å²) in [5, 5.41) is 8.12. The molecule has 11 heteroatoms. The van der Waals surface area contributed by atoms with Gasteiger partial charge in [-0.3, -0.25) is 4.52 Å². The molecule has 0 aliphatic heterocycles. The van der Waals surface area contributed by atoms with Crippen LogP contribution in [0.3, 0.4) is 0 Å². The molecule has 4 N–H and O–H groups in total. The fourth-order valence-electron chi connectivity index (χ4n) is 0.314. The molecule has 0 aromatic rings. The summed E-state index contributed by atoms with van der Waals surface area (Å²) in [7, 11) is -9.80. The molecular formula is C2H9NaO8P2. The Bertz CT molecular complexity index is 227. The van der Waals surface area contributed by atoms with Crippen LogP contribution in [-0.4, -0.2) is 33.0 Å². The van der Waals surface area contributed by atoms with Crippen molar-refractivity contribution in [2.75, 3.05) is 13.2 Å². The van der Waals surface area contributed by atoms with Gasteiger partial charge in [0.2, 0.25) is 0 Å². The number of hydrogen-bond donors (Lipinski definition) is 4. The van der Waals surface area contributed by atoms with Crippen molar-refractivity contribution in [1.29, 1.82) is 0 Å². The summed E-state index contributed by atoms with van der Waals surface area (Å²) in [5.74, 6) is 0. The van der Waals surface area contributed by atoms with Gasteiger partial charge >= 0.3 is 45.2 Å². The fraction of sp³-hybridized carbons (Fsp3) is 1.00. The van der Waals surface area contributed by atoms with Gasteiger partial charge in [-0.15, -0.1) is 0 Å². The second kappa shape index (κ2) is 6.66. The van der Waals surface area contributed by atoms with Crippen LogP contribution in [0, 0.1) is 0 Å². The molecule has 0 aliphatic rings. The van der Waals surface area contributed by atoms with Gasteiger partial charge in [-0.05, 0) is 0 Å². The molecular weight excluding hydrogens is 237 g/mol. The van der Waals surface area contributed by atoms with Gasteiger partial charge in [0.25, 0.3) is 0 Å². The van der Waals surface area contributed by atoms with Gasteiger partial charge in [-0.25, -0.2) is 9.13 Å². The van der Waals surface area contributed by atoms with Crippen LogP contribution < -0.4 is 29.6 Å². The predicted molar refractivity (Wildman–Crippen MR) is 37.1 cm³/mol. The van der Waals surface area contributed by atoms with Crippen molar-refractivity contribution in [1.82, 2.24) is 0 Å². The molecule has 1 unspecified atom stereocenters. The van der Waals surface area contributed by atoms with Gasteiger partial charge in [-0.1, -0.05) is 0 Å². The van der Waals surface area contributed by atoms with Crippen LogP contribution in [0.15, 0.2) is 0 Å². The molecule has 0 saturated heterocycles. The van der Waals surface area contributed by atoms with Gasteiger partial charge in [-0.2, -0.15) is 4.31 Å². The average molecular weight is 246 g/mol. The molecule has 0 aromatic carbocycles. The van der Waals surface area contributed by atoms with Crippen LogP contribution in [0.5, 0.6) is 0 Å². The minimum atomic E-state index is -5.05. The molecule has 0 spiro atoms. The molecule has 0 saturated carbocycles. The summed E-state index contributed by atoms with van der Waals surface area (Å²) < 4.78 is 27.8. The van der Waals surface area contributed by atoms with E-state index in [2.05, 4.69) is 8.83 Å². The Hall–Kier alpha value is 1.22. The third kappa shape index (κ3) is 11.1. The van der Waals surface area contributed by atoms with Crippen molar-refractivity contribution >= 4 is 15.6 Å². The number of phosphoric ester groups is 1. The van der Waals surface area contributed by atoms with Gasteiger partial charge in [0.15, 0.2) is 0 Å². The van der Waals surface area contributed by atoms with E-state index in [4.69, 9.17) is 19.8 Å². The van der Waals surface area contributed by atoms with E-state index in [1.54, 1.807) is 0 Å². The number of aliphatic hydroxyl groups excluding tert-OH is 1. The number of rotatable bonds is 5. The van der Waals surface area contributed by atoms with Crippen molar-refractivity contribution in [2.24, 2.45) is 0 Å². The molecule has 0 aromatic heterocycles. The Morgan fingerprint density at radius 1 is 1.23 bits per heavy atom. The second-order valence-corrected chi connectivity index (χ2v) is 4.43. The SMILES string of the molecule is O=P(O)(O)OP(=O)(O)OCCO.[H-].[Na+]. The molecule has 0 aliphatic carbocycles. The molecule has 0 rings (SSSR count). The topological polar surface area (TPSA) is 134 Å². The van der Waals surface area contributed by atoms with Crippen molar-refractivity contribution in [2.45, 2.75) is 0 Å². The Morgan fingerprint density at radius 3 is 2.00 bits per heavy atom. The van der Waals surface area contributed by atoms with Crippen LogP contribution in [-0.2, 0) is 18.0 Å². The zero-order chi connectivity index (χ0) is 9.83. The third-order valence-electron chi connectivity index (χ3n) is 0.555. The van der Waals surface area contributed by atoms with Crippen LogP contribution >= 0.6 is 15.6 Å². The monoisotopic (exact) mass is 246 g/mol. The maximum atomic E-state index is 10.5. The van der Waals surface area contributed by atoms with Crippen molar-refractivity contribution in [3.63, 3.8) is 0 Å². The molecule has 0 radical (unpaired) electrons. The van der Waals surface area contributed by atoms with Gasteiger partial charge in [0, 0.05) is 0 Å². The molecule has 1 atom stereocenters. The predicted octanol–water partition coefficient (Wildman–Crippen LogP) is -3.68. The summed E-state index contributed by atoms with van der Waals surface area (Å²) in [6.07, 6.45) is 0. The summed E-state index contributed by atoms with van der Waals surface area (Å²) >= 11 is 0. The quantitative estimate of drug-likeness (QED) is 0.288. The maximum absolute atomic E-state index is 10.5. The first kappa shape index (κ1) is 16.6. The molecule has 13 heavy (non-hydrogen) atoms. The standard InChI is InChI=1S/C2H8O8P2.Na.H/c3-1-2-9-12(7,8)10-11(4,5)6;;/h3H,1-2H2,(H,7,8)(H2,4,5,6);;/q;+1;-1. The van der Waals surface area contributed by atoms with Crippen LogP contribution in [0.1, 0.15) is 1.43 Å². The Balaban J connectivity index is -0.000000605. The number of phosphoric acid groups is 2. The van der Waals surface area contributed by atoms with Gasteiger partial charge in [0.05, 0.1) is 13.2 Å². The zero-order valence-corrected chi connectivity index (χ0v) is 10.5. The van der Waals surface area contributed by atoms with Crippen molar-refractivity contribution in [3.8, 4) is 0 Å². The Morgan fingerprint density at radius 2 is 1.69 bits per heavy atom. The van der Waals surface area contributed by atoms with E-state index >= 15 is 0 Å². The molecule has 76 valence electrons. The molecule has 0 amide bonds. The van der Waals surface area contributed by atoms with E-state index in [0.717, 1.165) is 0 Å². The smallest absolute Gasteiger partial charge is 1.00 e. The largest absolute Gasteiger partial charge is 1.00 e. The average Bonchev–Trinajstić information content (AvgIpc) is 1.78. The third-order valence-corrected chi connectivity index (χ3v) is 2.74. The number of hydrogen-bond acceptors (Lipinski definition) is 5. The van der Waals surface area contributed by atoms with Gasteiger partial charge in [0.1, 0.15) is 0 Å². The van der Waals surface area contributed by atoms with Crippen LogP contribution in [0.25, 0.3) is 0 Å². The summed E-state index contributed by atoms with van der Waals surface area (Å²) in [4.78, 5) is 24.6. The summed E-state index contributed by atoms with van der Waals surface area (Å²) in [5.41, 5.74) is 0. The molecule has 0 bridgehead atoms. The van der Waals surface area contributed by atoms with Gasteiger partial charge < -0.3 is 21.2 Å². The summed E-state index contributed by atoms with van der Waals surface area (Å²) in [6, 6.07) is 0. The van der Waals surface area contributed by atoms with Crippen molar-refractivity contribution < 1.29 is 68.7 Å². The Labute approximate surface area is 97.5 Å². The minimum Gasteiger partial charge on any atom is -1.00 e. The molecule has 0 heterocycles. The summed E-state index contributed by atoms with van der Waals surface area (Å²) in [6.45, 7) is -1.11. The maximum Gasteiger partial charge on any atom is 1.00 e. The van der Waals surface area contributed by atoms with Crippen molar-refractivity contribution in [3.05, 3.63) is 0 Å². The first-order chi connectivity index (χ1) is 5.27. The van der Waals surface area contributed by atoms with E-state index in [-0.39, 0.29) is 31.0 Å². The second-order valence-electron chi connectivity index (χ2n) is 1.60. The molecule has 8 nitrogen and oxygen atoms in total. The number of aliphatic hydroxyl groups is 1. The van der Waals surface area contributed by atoms with E-state index in [0.29, 0.717) is 0 Å². The first-order valence-electron chi connectivity index (χ1n) is 2.62. The zero-order valence-electron chi connectivity index (χ0n) is 7.73. The first-order valence-corrected chi connectivity index (χ1v) is 5.64. The normalized spacial score (nSPS) is 16.0. The molecule has 0 fully saturated rings. The van der Waals surface area contributed by atoms with E-state index in [1.807, 2.05) is 0 Å². The fourth-order valence-corrected chi connectivity index (χ4v) is 1.89. The van der Waals surface area contributed by atoms with E-state index < -0.39 is 28.9 Å². The van der Waals surface area contributed by atoms with E-state index in [9.17, 15) is 9.13 Å². The van der Waals surface area contributed by atoms with Crippen LogP contribution in [0.2, 0.25) is 0 Å². The van der Waals surface area contributed by atoms with Crippen LogP contribution in [0.4, 0.5) is 0 Å². The Kier molecular flexibility index (Phi) is 8.52. The van der Waals surface area contributed by atoms with E-state index in [1.165, 1.54) is 0 Å². The minimum absolute atomic E-state index is 0.